The summed E-state index contributed by atoms with van der Waals surface area (Å²) in [6, 6.07) is 6.85. The monoisotopic (exact) mass is 325 g/mol. The van der Waals surface area contributed by atoms with Crippen LogP contribution in [0, 0.1) is 30.9 Å². The van der Waals surface area contributed by atoms with E-state index in [0.717, 1.165) is 11.4 Å². The van der Waals surface area contributed by atoms with Crippen molar-refractivity contribution in [2.45, 2.75) is 20.8 Å². The van der Waals surface area contributed by atoms with E-state index in [1.807, 2.05) is 19.9 Å². The molecule has 0 saturated heterocycles. The van der Waals surface area contributed by atoms with Crippen LogP contribution in [0.25, 0.3) is 5.95 Å². The smallest absolute Gasteiger partial charge is 0.258 e. The molecule has 0 aliphatic rings. The van der Waals surface area contributed by atoms with Crippen LogP contribution in [0.2, 0.25) is 0 Å². The average molecular weight is 325 g/mol. The van der Waals surface area contributed by atoms with Crippen LogP contribution in [-0.4, -0.2) is 35.8 Å². The first-order valence-electron chi connectivity index (χ1n) is 7.19. The van der Waals surface area contributed by atoms with Crippen molar-refractivity contribution in [3.8, 4) is 5.95 Å². The van der Waals surface area contributed by atoms with E-state index in [9.17, 15) is 10.1 Å². The predicted octanol–water partition coefficient (Wildman–Crippen LogP) is 2.18. The van der Waals surface area contributed by atoms with E-state index in [1.54, 1.807) is 23.7 Å². The van der Waals surface area contributed by atoms with E-state index in [-0.39, 0.29) is 5.69 Å². The molecule has 9 nitrogen and oxygen atoms in total. The second kappa shape index (κ2) is 6.03. The van der Waals surface area contributed by atoms with Crippen molar-refractivity contribution in [1.29, 1.82) is 0 Å². The molecular formula is C15H15N7O2. The van der Waals surface area contributed by atoms with Crippen molar-refractivity contribution < 1.29 is 4.92 Å². The number of nitro benzene ring substituents is 1. The number of nitro groups is 1. The molecule has 0 fully saturated rings. The van der Waals surface area contributed by atoms with Crippen molar-refractivity contribution in [1.82, 2.24) is 24.7 Å². The van der Waals surface area contributed by atoms with Crippen LogP contribution in [0.15, 0.2) is 35.7 Å². The maximum Gasteiger partial charge on any atom is 0.273 e. The summed E-state index contributed by atoms with van der Waals surface area (Å²) in [4.78, 5) is 10.6. The molecule has 3 rings (SSSR count). The van der Waals surface area contributed by atoms with E-state index < -0.39 is 4.92 Å². The van der Waals surface area contributed by atoms with E-state index in [0.29, 0.717) is 17.1 Å². The third-order valence-electron chi connectivity index (χ3n) is 3.47. The van der Waals surface area contributed by atoms with Gasteiger partial charge in [-0.1, -0.05) is 12.1 Å². The lowest BCUT2D eigenvalue weighted by Crippen LogP contribution is -2.06. The van der Waals surface area contributed by atoms with Gasteiger partial charge in [0, 0.05) is 22.9 Å². The fourth-order valence-electron chi connectivity index (χ4n) is 2.31. The number of aryl methyl sites for hydroxylation is 3. The van der Waals surface area contributed by atoms with E-state index >= 15 is 0 Å². The van der Waals surface area contributed by atoms with Gasteiger partial charge in [-0.2, -0.15) is 14.9 Å². The summed E-state index contributed by atoms with van der Waals surface area (Å²) in [5, 5.41) is 27.5. The van der Waals surface area contributed by atoms with Gasteiger partial charge in [-0.25, -0.2) is 4.68 Å². The van der Waals surface area contributed by atoms with Gasteiger partial charge in [-0.05, 0) is 26.8 Å². The number of rotatable bonds is 4. The second-order valence-electron chi connectivity index (χ2n) is 5.36. The van der Waals surface area contributed by atoms with Crippen LogP contribution < -0.4 is 0 Å². The molecule has 2 aromatic heterocycles. The molecule has 0 amide bonds. The summed E-state index contributed by atoms with van der Waals surface area (Å²) in [6.45, 7) is 5.49. The Labute approximate surface area is 137 Å². The Hall–Kier alpha value is -3.36. The Kier molecular flexibility index (Phi) is 3.90. The summed E-state index contributed by atoms with van der Waals surface area (Å²) < 4.78 is 3.10. The molecular weight excluding hydrogens is 310 g/mol. The third-order valence-corrected chi connectivity index (χ3v) is 3.47. The van der Waals surface area contributed by atoms with Gasteiger partial charge in [-0.3, -0.25) is 10.1 Å². The fraction of sp³-hybridized carbons (Fsp3) is 0.200. The molecule has 0 aliphatic heterocycles. The molecule has 2 heterocycles. The highest BCUT2D eigenvalue weighted by atomic mass is 16.6. The number of hydrogen-bond acceptors (Lipinski definition) is 6. The number of aromatic nitrogens is 5. The van der Waals surface area contributed by atoms with Crippen LogP contribution in [0.5, 0.6) is 0 Å². The van der Waals surface area contributed by atoms with Gasteiger partial charge in [0.25, 0.3) is 11.6 Å². The normalized spacial score (nSPS) is 11.3. The second-order valence-corrected chi connectivity index (χ2v) is 5.36. The third kappa shape index (κ3) is 2.91. The van der Waals surface area contributed by atoms with Crippen molar-refractivity contribution >= 4 is 11.9 Å². The molecule has 0 aliphatic carbocycles. The predicted molar refractivity (Wildman–Crippen MR) is 87.4 cm³/mol. The van der Waals surface area contributed by atoms with Crippen molar-refractivity contribution in [2.24, 2.45) is 5.10 Å². The molecule has 122 valence electrons. The minimum atomic E-state index is -0.410. The van der Waals surface area contributed by atoms with Crippen LogP contribution >= 0.6 is 0 Å². The van der Waals surface area contributed by atoms with Crippen molar-refractivity contribution in [2.75, 3.05) is 0 Å². The van der Waals surface area contributed by atoms with Gasteiger partial charge in [0.15, 0.2) is 0 Å². The largest absolute Gasteiger partial charge is 0.273 e. The Bertz CT molecular complexity index is 939. The Morgan fingerprint density at radius 3 is 2.71 bits per heavy atom. The fourth-order valence-corrected chi connectivity index (χ4v) is 2.31. The van der Waals surface area contributed by atoms with Crippen molar-refractivity contribution in [3.05, 3.63) is 63.2 Å². The molecule has 3 aromatic rings. The zero-order chi connectivity index (χ0) is 17.3. The number of nitrogens with zero attached hydrogens (tertiary/aromatic N) is 7. The molecule has 0 saturated carbocycles. The standard InChI is InChI=1S/C15H15N7O2/c1-10-4-5-13(7-14(10)22(23)24)8-17-20-9-16-18-15(20)21-12(3)6-11(2)19-21/h4-9H,1-3H3/b17-8-. The lowest BCUT2D eigenvalue weighted by atomic mass is 10.1. The maximum absolute atomic E-state index is 11.0. The minimum absolute atomic E-state index is 0.0569. The first-order chi connectivity index (χ1) is 11.5. The molecule has 0 spiro atoms. The lowest BCUT2D eigenvalue weighted by Gasteiger charge is -2.02. The minimum Gasteiger partial charge on any atom is -0.258 e. The highest BCUT2D eigenvalue weighted by molar-refractivity contribution is 5.81. The van der Waals surface area contributed by atoms with Gasteiger partial charge < -0.3 is 0 Å². The Morgan fingerprint density at radius 1 is 1.25 bits per heavy atom. The molecule has 1 aromatic carbocycles. The molecule has 0 unspecified atom stereocenters. The maximum atomic E-state index is 11.0. The van der Waals surface area contributed by atoms with E-state index in [2.05, 4.69) is 20.4 Å². The highest BCUT2D eigenvalue weighted by Gasteiger charge is 2.12. The average Bonchev–Trinajstić information content (AvgIpc) is 3.11. The van der Waals surface area contributed by atoms with Gasteiger partial charge >= 0.3 is 0 Å². The lowest BCUT2D eigenvalue weighted by molar-refractivity contribution is -0.385. The summed E-state index contributed by atoms with van der Waals surface area (Å²) in [5.74, 6) is 0.443. The molecule has 24 heavy (non-hydrogen) atoms. The molecule has 0 radical (unpaired) electrons. The zero-order valence-corrected chi connectivity index (χ0v) is 13.4. The van der Waals surface area contributed by atoms with Crippen LogP contribution in [-0.2, 0) is 0 Å². The summed E-state index contributed by atoms with van der Waals surface area (Å²) in [7, 11) is 0. The first kappa shape index (κ1) is 15.5. The van der Waals surface area contributed by atoms with Gasteiger partial charge in [0.1, 0.15) is 6.33 Å². The highest BCUT2D eigenvalue weighted by Crippen LogP contribution is 2.18. The Morgan fingerprint density at radius 2 is 2.04 bits per heavy atom. The van der Waals surface area contributed by atoms with Crippen LogP contribution in [0.4, 0.5) is 5.69 Å². The molecule has 0 bridgehead atoms. The van der Waals surface area contributed by atoms with E-state index in [4.69, 9.17) is 0 Å². The summed E-state index contributed by atoms with van der Waals surface area (Å²) in [6.07, 6.45) is 2.97. The van der Waals surface area contributed by atoms with Gasteiger partial charge in [0.2, 0.25) is 0 Å². The van der Waals surface area contributed by atoms with Gasteiger partial charge in [0.05, 0.1) is 16.8 Å². The first-order valence-corrected chi connectivity index (χ1v) is 7.19. The van der Waals surface area contributed by atoms with E-state index in [1.165, 1.54) is 23.3 Å². The molecule has 0 N–H and O–H groups in total. The summed E-state index contributed by atoms with van der Waals surface area (Å²) >= 11 is 0. The quantitative estimate of drug-likeness (QED) is 0.415. The molecule has 0 atom stereocenters. The Balaban J connectivity index is 1.94. The summed E-state index contributed by atoms with van der Waals surface area (Å²) in [5.41, 5.74) is 3.04. The molecule has 9 heteroatoms. The topological polar surface area (TPSA) is 104 Å². The zero-order valence-electron chi connectivity index (χ0n) is 13.4. The number of benzene rings is 1. The van der Waals surface area contributed by atoms with Crippen molar-refractivity contribution in [3.63, 3.8) is 0 Å². The number of hydrogen-bond donors (Lipinski definition) is 0. The van der Waals surface area contributed by atoms with Crippen LogP contribution in [0.3, 0.4) is 0 Å². The van der Waals surface area contributed by atoms with Crippen LogP contribution in [0.1, 0.15) is 22.5 Å². The SMILES string of the molecule is Cc1cc(C)n(-c2nncn2/N=C\c2ccc(C)c([N+](=O)[O-])c2)n1. The van der Waals surface area contributed by atoms with Gasteiger partial charge in [-0.15, -0.1) is 10.2 Å².